The van der Waals surface area contributed by atoms with Gasteiger partial charge in [0.15, 0.2) is 11.5 Å². The number of hydrogen-bond acceptors (Lipinski definition) is 6. The maximum Gasteiger partial charge on any atom is 0.308 e. The van der Waals surface area contributed by atoms with E-state index in [1.807, 2.05) is 6.92 Å². The largest absolute Gasteiger partial charge is 0.466 e. The summed E-state index contributed by atoms with van der Waals surface area (Å²) < 4.78 is 5.09. The lowest BCUT2D eigenvalue weighted by atomic mass is 9.81. The number of carbonyl (C=O) groups excluding carboxylic acids is 1. The molecule has 2 aromatic rings. The number of aromatic nitrogens is 4. The molecule has 0 amide bonds. The molecular formula is C17H21N5O2. The highest BCUT2D eigenvalue weighted by atomic mass is 16.5. The maximum atomic E-state index is 11.7. The summed E-state index contributed by atoms with van der Waals surface area (Å²) in [5.74, 6) is 7.37. The highest BCUT2D eigenvalue weighted by molar-refractivity contribution is 5.81. The number of nitrogen functional groups attached to an aromatic ring is 1. The van der Waals surface area contributed by atoms with Crippen LogP contribution in [0.2, 0.25) is 0 Å². The van der Waals surface area contributed by atoms with Crippen LogP contribution in [0.1, 0.15) is 44.9 Å². The summed E-state index contributed by atoms with van der Waals surface area (Å²) in [5.41, 5.74) is 7.02. The average Bonchev–Trinajstić information content (AvgIpc) is 3.05. The molecule has 0 saturated heterocycles. The van der Waals surface area contributed by atoms with E-state index in [0.717, 1.165) is 32.1 Å². The molecule has 3 rings (SSSR count). The van der Waals surface area contributed by atoms with Gasteiger partial charge in [0.1, 0.15) is 5.52 Å². The molecule has 1 aliphatic rings. The molecule has 7 heteroatoms. The van der Waals surface area contributed by atoms with Crippen molar-refractivity contribution in [2.75, 3.05) is 12.3 Å². The normalized spacial score (nSPS) is 20.4. The van der Waals surface area contributed by atoms with E-state index in [2.05, 4.69) is 31.8 Å². The number of esters is 1. The Morgan fingerprint density at radius 2 is 2.17 bits per heavy atom. The second-order valence-electron chi connectivity index (χ2n) is 6.01. The van der Waals surface area contributed by atoms with Gasteiger partial charge in [0, 0.05) is 6.42 Å². The second-order valence-corrected chi connectivity index (χ2v) is 6.01. The van der Waals surface area contributed by atoms with Crippen molar-refractivity contribution in [1.82, 2.24) is 19.9 Å². The van der Waals surface area contributed by atoms with Crippen LogP contribution >= 0.6 is 0 Å². The Labute approximate surface area is 140 Å². The average molecular weight is 327 g/mol. The summed E-state index contributed by atoms with van der Waals surface area (Å²) in [5, 5.41) is 0. The first-order valence-electron chi connectivity index (χ1n) is 8.29. The lowest BCUT2D eigenvalue weighted by Crippen LogP contribution is -2.23. The molecule has 0 bridgehead atoms. The van der Waals surface area contributed by atoms with E-state index in [-0.39, 0.29) is 11.9 Å². The van der Waals surface area contributed by atoms with Gasteiger partial charge in [-0.1, -0.05) is 5.92 Å². The van der Waals surface area contributed by atoms with Crippen molar-refractivity contribution >= 4 is 23.0 Å². The predicted molar refractivity (Wildman–Crippen MR) is 89.7 cm³/mol. The molecule has 0 atom stereocenters. The number of hydrogen-bond donors (Lipinski definition) is 2. The molecular weight excluding hydrogens is 306 g/mol. The maximum absolute atomic E-state index is 11.7. The zero-order valence-electron chi connectivity index (χ0n) is 13.7. The smallest absolute Gasteiger partial charge is 0.308 e. The standard InChI is InChI=1S/C17H21N5O2/c1-2-24-17(23)12-8-6-11(7-9-12)4-3-5-13-21-15(18)14-16(22-13)20-10-19-14/h10-12H,2,4,6-9H2,1H3,(H3,18,19,20,21,22). The molecule has 1 aliphatic carbocycles. The number of fused-ring (bicyclic) bond motifs is 1. The van der Waals surface area contributed by atoms with Crippen LogP contribution < -0.4 is 5.73 Å². The number of rotatable bonds is 3. The number of aromatic amines is 1. The summed E-state index contributed by atoms with van der Waals surface area (Å²) >= 11 is 0. The van der Waals surface area contributed by atoms with Crippen LogP contribution in [0.15, 0.2) is 6.33 Å². The van der Waals surface area contributed by atoms with E-state index >= 15 is 0 Å². The number of nitrogens with two attached hydrogens (primary N) is 1. The Hall–Kier alpha value is -2.62. The van der Waals surface area contributed by atoms with Crippen LogP contribution in [0, 0.1) is 23.7 Å². The zero-order valence-corrected chi connectivity index (χ0v) is 13.7. The van der Waals surface area contributed by atoms with E-state index in [4.69, 9.17) is 10.5 Å². The van der Waals surface area contributed by atoms with Crippen LogP contribution in [0.25, 0.3) is 11.2 Å². The fraction of sp³-hybridized carbons (Fsp3) is 0.529. The van der Waals surface area contributed by atoms with E-state index in [9.17, 15) is 4.79 Å². The number of H-pyrrole nitrogens is 1. The fourth-order valence-corrected chi connectivity index (χ4v) is 3.05. The lowest BCUT2D eigenvalue weighted by molar-refractivity contribution is -0.149. The molecule has 0 aliphatic heterocycles. The van der Waals surface area contributed by atoms with Crippen molar-refractivity contribution in [2.24, 2.45) is 11.8 Å². The van der Waals surface area contributed by atoms with Gasteiger partial charge in [-0.15, -0.1) is 0 Å². The molecule has 0 spiro atoms. The molecule has 0 radical (unpaired) electrons. The van der Waals surface area contributed by atoms with Crippen LogP contribution in [-0.2, 0) is 9.53 Å². The minimum atomic E-state index is -0.0572. The molecule has 0 aromatic carbocycles. The molecule has 1 saturated carbocycles. The molecule has 0 unspecified atom stereocenters. The number of nitrogens with one attached hydrogen (secondary N) is 1. The number of carbonyl (C=O) groups is 1. The van der Waals surface area contributed by atoms with Crippen LogP contribution in [0.5, 0.6) is 0 Å². The van der Waals surface area contributed by atoms with Crippen LogP contribution in [-0.4, -0.2) is 32.5 Å². The molecule has 3 N–H and O–H groups in total. The summed E-state index contributed by atoms with van der Waals surface area (Å²) in [6, 6.07) is 0. The summed E-state index contributed by atoms with van der Waals surface area (Å²) in [7, 11) is 0. The van der Waals surface area contributed by atoms with Crippen molar-refractivity contribution in [3.63, 3.8) is 0 Å². The van der Waals surface area contributed by atoms with Crippen molar-refractivity contribution in [1.29, 1.82) is 0 Å². The minimum Gasteiger partial charge on any atom is -0.466 e. The summed E-state index contributed by atoms with van der Waals surface area (Å²) in [6.45, 7) is 2.29. The molecule has 2 aromatic heterocycles. The molecule has 126 valence electrons. The van der Waals surface area contributed by atoms with E-state index < -0.39 is 0 Å². The predicted octanol–water partition coefficient (Wildman–Crippen LogP) is 2.05. The third-order valence-electron chi connectivity index (χ3n) is 4.37. The molecule has 24 heavy (non-hydrogen) atoms. The lowest BCUT2D eigenvalue weighted by Gasteiger charge is -2.25. The first kappa shape index (κ1) is 16.2. The Balaban J connectivity index is 1.55. The van der Waals surface area contributed by atoms with Crippen molar-refractivity contribution in [3.8, 4) is 11.8 Å². The van der Waals surface area contributed by atoms with Crippen molar-refractivity contribution in [2.45, 2.75) is 39.0 Å². The second kappa shape index (κ2) is 7.30. The Bertz CT molecular complexity index is 781. The molecule has 7 nitrogen and oxygen atoms in total. The number of imidazole rings is 1. The van der Waals surface area contributed by atoms with Gasteiger partial charge in [-0.25, -0.2) is 9.97 Å². The van der Waals surface area contributed by atoms with Crippen LogP contribution in [0.3, 0.4) is 0 Å². The van der Waals surface area contributed by atoms with Gasteiger partial charge >= 0.3 is 5.97 Å². The topological polar surface area (TPSA) is 107 Å². The van der Waals surface area contributed by atoms with Gasteiger partial charge < -0.3 is 15.5 Å². The van der Waals surface area contributed by atoms with Gasteiger partial charge in [0.05, 0.1) is 18.9 Å². The zero-order chi connectivity index (χ0) is 16.9. The SMILES string of the molecule is CCOC(=O)C1CCC(CC#Cc2nc(N)c3[nH]cnc3n2)CC1. The fourth-order valence-electron chi connectivity index (χ4n) is 3.05. The summed E-state index contributed by atoms with van der Waals surface area (Å²) in [6.07, 6.45) is 6.08. The third-order valence-corrected chi connectivity index (χ3v) is 4.37. The number of anilines is 1. The Kier molecular flexibility index (Phi) is 4.94. The number of ether oxygens (including phenoxy) is 1. The van der Waals surface area contributed by atoms with E-state index in [1.54, 1.807) is 0 Å². The third kappa shape index (κ3) is 3.65. The van der Waals surface area contributed by atoms with Gasteiger partial charge in [0.2, 0.25) is 5.82 Å². The highest BCUT2D eigenvalue weighted by Crippen LogP contribution is 2.31. The van der Waals surface area contributed by atoms with E-state index in [1.165, 1.54) is 6.33 Å². The first-order valence-corrected chi connectivity index (χ1v) is 8.29. The quantitative estimate of drug-likeness (QED) is 0.660. The summed E-state index contributed by atoms with van der Waals surface area (Å²) in [4.78, 5) is 27.2. The van der Waals surface area contributed by atoms with Gasteiger partial charge in [0.25, 0.3) is 0 Å². The van der Waals surface area contributed by atoms with E-state index in [0.29, 0.717) is 35.3 Å². The monoisotopic (exact) mass is 327 g/mol. The molecule has 2 heterocycles. The number of nitrogens with zero attached hydrogens (tertiary/aromatic N) is 3. The van der Waals surface area contributed by atoms with Crippen LogP contribution in [0.4, 0.5) is 5.82 Å². The minimum absolute atomic E-state index is 0.0550. The van der Waals surface area contributed by atoms with Crippen molar-refractivity contribution < 1.29 is 9.53 Å². The van der Waals surface area contributed by atoms with Gasteiger partial charge in [-0.2, -0.15) is 4.98 Å². The highest BCUT2D eigenvalue weighted by Gasteiger charge is 2.26. The Morgan fingerprint density at radius 1 is 1.38 bits per heavy atom. The van der Waals surface area contributed by atoms with Gasteiger partial charge in [-0.3, -0.25) is 4.79 Å². The first-order chi connectivity index (χ1) is 11.7. The Morgan fingerprint density at radius 3 is 2.92 bits per heavy atom. The van der Waals surface area contributed by atoms with Gasteiger partial charge in [-0.05, 0) is 44.4 Å². The van der Waals surface area contributed by atoms with Crippen molar-refractivity contribution in [3.05, 3.63) is 12.2 Å². The molecule has 1 fully saturated rings.